The van der Waals surface area contributed by atoms with Crippen LogP contribution in [-0.4, -0.2) is 27.5 Å². The molecule has 0 aliphatic rings. The molecule has 280 valence electrons. The maximum absolute atomic E-state index is 10.5. The number of hydrogen-bond acceptors (Lipinski definition) is 3. The van der Waals surface area contributed by atoms with Gasteiger partial charge in [0.25, 0.3) is 0 Å². The number of unbranched alkanes of at least 4 members (excludes halogenated alkanes) is 27. The van der Waals surface area contributed by atoms with Crippen LogP contribution in [0.5, 0.6) is 0 Å². The van der Waals surface area contributed by atoms with Gasteiger partial charge in [0.15, 0.2) is 0 Å². The molecule has 0 amide bonds. The zero-order valence-corrected chi connectivity index (χ0v) is 32.1. The number of allylic oxidation sites excluding steroid dienone is 4. The Morgan fingerprint density at radius 1 is 0.468 bits per heavy atom. The molecule has 3 N–H and O–H groups in total. The Balaban J connectivity index is 0. The van der Waals surface area contributed by atoms with Crippen LogP contribution in [0.3, 0.4) is 0 Å². The Labute approximate surface area is 292 Å². The highest BCUT2D eigenvalue weighted by atomic mass is 31.2. The van der Waals surface area contributed by atoms with E-state index < -0.39 is 13.8 Å². The summed E-state index contributed by atoms with van der Waals surface area (Å²) in [7, 11) is -4.26. The van der Waals surface area contributed by atoms with Crippen LogP contribution in [0.15, 0.2) is 24.3 Å². The van der Waals surface area contributed by atoms with Crippen LogP contribution in [0.1, 0.15) is 219 Å². The molecule has 47 heavy (non-hydrogen) atoms. The van der Waals surface area contributed by atoms with E-state index in [0.717, 1.165) is 32.1 Å². The van der Waals surface area contributed by atoms with E-state index in [4.69, 9.17) is 14.9 Å². The van der Waals surface area contributed by atoms with E-state index in [1.54, 1.807) is 0 Å². The number of phosphoric ester groups is 1. The van der Waals surface area contributed by atoms with Gasteiger partial charge in [-0.2, -0.15) is 0 Å². The van der Waals surface area contributed by atoms with E-state index in [0.29, 0.717) is 6.42 Å². The summed E-state index contributed by atoms with van der Waals surface area (Å²) >= 11 is 0. The standard InChI is InChI=1S/C22H42O2.C18H37O4P/c1-2-3-4-5-6-7-8-9-10-11-12-13-14-15-16-17-18-19-20-21-22(23)24;1-2-3-4-5-6-7-8-9-10-11-12-13-14-15-16-17-18-22-23(19,20)21/h9-10H,2-8,11-21H2,1H3,(H,23,24);9-10H,2-8,11-18H2,1H3,(H2,19,20,21)/b2*10-9-. The van der Waals surface area contributed by atoms with E-state index in [2.05, 4.69) is 42.7 Å². The first-order valence-electron chi connectivity index (χ1n) is 20.0. The van der Waals surface area contributed by atoms with Crippen molar-refractivity contribution in [1.29, 1.82) is 0 Å². The molecule has 0 spiro atoms. The minimum atomic E-state index is -4.26. The molecule has 0 atom stereocenters. The van der Waals surface area contributed by atoms with Crippen molar-refractivity contribution in [3.8, 4) is 0 Å². The van der Waals surface area contributed by atoms with Gasteiger partial charge in [0.1, 0.15) is 0 Å². The second kappa shape index (κ2) is 41.2. The van der Waals surface area contributed by atoms with Crippen LogP contribution in [0.2, 0.25) is 0 Å². The molecule has 6 nitrogen and oxygen atoms in total. The third kappa shape index (κ3) is 52.1. The van der Waals surface area contributed by atoms with Crippen LogP contribution in [0, 0.1) is 0 Å². The molecule has 0 unspecified atom stereocenters. The molecule has 0 aromatic carbocycles. The lowest BCUT2D eigenvalue weighted by Crippen LogP contribution is -1.93. The largest absolute Gasteiger partial charge is 0.481 e. The summed E-state index contributed by atoms with van der Waals surface area (Å²) in [5.41, 5.74) is 0. The molecule has 0 fully saturated rings. The first kappa shape index (κ1) is 48.2. The number of rotatable bonds is 36. The molecular formula is C40H79O6P. The lowest BCUT2D eigenvalue weighted by Gasteiger charge is -2.04. The maximum atomic E-state index is 10.5. The van der Waals surface area contributed by atoms with E-state index in [9.17, 15) is 9.36 Å². The molecule has 0 saturated heterocycles. The Hall–Kier alpha value is -0.940. The summed E-state index contributed by atoms with van der Waals surface area (Å²) in [6.45, 7) is 4.68. The molecular weight excluding hydrogens is 607 g/mol. The van der Waals surface area contributed by atoms with Crippen molar-refractivity contribution in [1.82, 2.24) is 0 Å². The fourth-order valence-corrected chi connectivity index (χ4v) is 5.95. The van der Waals surface area contributed by atoms with Gasteiger partial charge in [0, 0.05) is 6.42 Å². The van der Waals surface area contributed by atoms with Gasteiger partial charge in [-0.25, -0.2) is 4.57 Å². The minimum Gasteiger partial charge on any atom is -0.481 e. The number of hydrogen-bond donors (Lipinski definition) is 3. The highest BCUT2D eigenvalue weighted by Gasteiger charge is 2.12. The second-order valence-electron chi connectivity index (χ2n) is 13.4. The molecule has 0 aliphatic carbocycles. The maximum Gasteiger partial charge on any atom is 0.469 e. The van der Waals surface area contributed by atoms with Gasteiger partial charge in [-0.15, -0.1) is 0 Å². The van der Waals surface area contributed by atoms with Gasteiger partial charge in [-0.3, -0.25) is 9.32 Å². The number of aliphatic carboxylic acids is 1. The van der Waals surface area contributed by atoms with Gasteiger partial charge < -0.3 is 14.9 Å². The van der Waals surface area contributed by atoms with Crippen molar-refractivity contribution in [2.45, 2.75) is 219 Å². The summed E-state index contributed by atoms with van der Waals surface area (Å²) in [4.78, 5) is 27.4. The van der Waals surface area contributed by atoms with Gasteiger partial charge >= 0.3 is 13.8 Å². The number of phosphoric acid groups is 1. The van der Waals surface area contributed by atoms with Gasteiger partial charge in [0.05, 0.1) is 6.61 Å². The Bertz CT molecular complexity index is 718. The monoisotopic (exact) mass is 687 g/mol. The smallest absolute Gasteiger partial charge is 0.469 e. The molecule has 7 heteroatoms. The van der Waals surface area contributed by atoms with Crippen LogP contribution >= 0.6 is 7.82 Å². The normalized spacial score (nSPS) is 11.8. The quantitative estimate of drug-likeness (QED) is 0.0344. The topological polar surface area (TPSA) is 104 Å². The molecule has 0 bridgehead atoms. The van der Waals surface area contributed by atoms with Crippen molar-refractivity contribution in [2.24, 2.45) is 0 Å². The van der Waals surface area contributed by atoms with Crippen LogP contribution < -0.4 is 0 Å². The molecule has 0 rings (SSSR count). The second-order valence-corrected chi connectivity index (χ2v) is 14.6. The zero-order valence-electron chi connectivity index (χ0n) is 31.2. The van der Waals surface area contributed by atoms with E-state index in [1.807, 2.05) is 0 Å². The van der Waals surface area contributed by atoms with Crippen LogP contribution in [-0.2, 0) is 13.9 Å². The van der Waals surface area contributed by atoms with Crippen molar-refractivity contribution in [3.63, 3.8) is 0 Å². The number of carboxylic acids is 1. The Kier molecular flexibility index (Phi) is 42.3. The van der Waals surface area contributed by atoms with Crippen molar-refractivity contribution in [3.05, 3.63) is 24.3 Å². The Morgan fingerprint density at radius 2 is 0.745 bits per heavy atom. The summed E-state index contributed by atoms with van der Waals surface area (Å²) in [5, 5.41) is 8.55. The summed E-state index contributed by atoms with van der Waals surface area (Å²) in [5.74, 6) is -0.656. The first-order chi connectivity index (χ1) is 22.8. The molecule has 0 saturated carbocycles. The van der Waals surface area contributed by atoms with Crippen molar-refractivity contribution < 1.29 is 28.8 Å². The van der Waals surface area contributed by atoms with Gasteiger partial charge in [-0.05, 0) is 64.2 Å². The molecule has 0 aromatic rings. The lowest BCUT2D eigenvalue weighted by atomic mass is 10.1. The number of carboxylic acid groups (broad SMARTS) is 1. The van der Waals surface area contributed by atoms with Crippen LogP contribution in [0.4, 0.5) is 0 Å². The summed E-state index contributed by atoms with van der Waals surface area (Å²) in [6, 6.07) is 0. The fraction of sp³-hybridized carbons (Fsp3) is 0.875. The Morgan fingerprint density at radius 3 is 1.04 bits per heavy atom. The molecule has 0 radical (unpaired) electrons. The van der Waals surface area contributed by atoms with Gasteiger partial charge in [0.2, 0.25) is 0 Å². The highest BCUT2D eigenvalue weighted by Crippen LogP contribution is 2.35. The summed E-state index contributed by atoms with van der Waals surface area (Å²) in [6.07, 6.45) is 48.9. The van der Waals surface area contributed by atoms with E-state index >= 15 is 0 Å². The lowest BCUT2D eigenvalue weighted by molar-refractivity contribution is -0.137. The van der Waals surface area contributed by atoms with E-state index in [-0.39, 0.29) is 6.61 Å². The SMILES string of the molecule is CCCCCCCC/C=C\CCCCCCCCCCCC(=O)O.CCCCCCCC/C=C\CCCCCCCCOP(=O)(O)O. The van der Waals surface area contributed by atoms with Crippen molar-refractivity contribution >= 4 is 13.8 Å². The third-order valence-electron chi connectivity index (χ3n) is 8.57. The van der Waals surface area contributed by atoms with Gasteiger partial charge in [-0.1, -0.05) is 173 Å². The number of carbonyl (C=O) groups is 1. The first-order valence-corrected chi connectivity index (χ1v) is 21.6. The third-order valence-corrected chi connectivity index (χ3v) is 9.09. The molecule has 0 heterocycles. The average Bonchev–Trinajstić information content (AvgIpc) is 3.03. The minimum absolute atomic E-state index is 0.158. The molecule has 0 aliphatic heterocycles. The predicted octanol–water partition coefficient (Wildman–Crippen LogP) is 13.8. The van der Waals surface area contributed by atoms with Crippen molar-refractivity contribution in [2.75, 3.05) is 6.61 Å². The summed E-state index contributed by atoms with van der Waals surface area (Å²) < 4.78 is 14.9. The highest BCUT2D eigenvalue weighted by molar-refractivity contribution is 7.46. The molecule has 0 aromatic heterocycles. The fourth-order valence-electron chi connectivity index (χ4n) is 5.59. The zero-order chi connectivity index (χ0) is 34.9. The predicted molar refractivity (Wildman–Crippen MR) is 203 cm³/mol. The van der Waals surface area contributed by atoms with E-state index in [1.165, 1.54) is 167 Å². The van der Waals surface area contributed by atoms with Crippen LogP contribution in [0.25, 0.3) is 0 Å². The average molecular weight is 687 g/mol.